The van der Waals surface area contributed by atoms with Crippen LogP contribution >= 0.6 is 39.1 Å². The second-order valence-corrected chi connectivity index (χ2v) is 5.83. The normalized spacial score (nSPS) is 15.2. The first-order chi connectivity index (χ1) is 9.06. The van der Waals surface area contributed by atoms with Gasteiger partial charge in [-0.3, -0.25) is 4.79 Å². The molecule has 1 aromatic heterocycles. The molecule has 3 rings (SSSR count). The Bertz CT molecular complexity index is 669. The summed E-state index contributed by atoms with van der Waals surface area (Å²) in [6, 6.07) is 5.39. The van der Waals surface area contributed by atoms with E-state index in [9.17, 15) is 4.79 Å². The number of fused-ring (bicyclic) bond motifs is 1. The molecule has 0 saturated heterocycles. The van der Waals surface area contributed by atoms with E-state index in [-0.39, 0.29) is 5.91 Å². The van der Waals surface area contributed by atoms with Crippen LogP contribution < -0.4 is 5.32 Å². The minimum atomic E-state index is -0.429. The Morgan fingerprint density at radius 3 is 2.84 bits per heavy atom. The molecule has 98 valence electrons. The Kier molecular flexibility index (Phi) is 3.33. The van der Waals surface area contributed by atoms with Gasteiger partial charge in [-0.15, -0.1) is 11.6 Å². The summed E-state index contributed by atoms with van der Waals surface area (Å²) in [5.74, 6) is -0.0289. The zero-order valence-electron chi connectivity index (χ0n) is 9.54. The van der Waals surface area contributed by atoms with Gasteiger partial charge in [0.25, 0.3) is 0 Å². The molecule has 0 saturated carbocycles. The molecule has 1 aromatic carbocycles. The van der Waals surface area contributed by atoms with Crippen molar-refractivity contribution in [3.63, 3.8) is 0 Å². The molecule has 0 fully saturated rings. The molecule has 6 heteroatoms. The summed E-state index contributed by atoms with van der Waals surface area (Å²) in [6.45, 7) is 0. The number of hydrogen-bond acceptors (Lipinski definition) is 2. The first-order valence-electron chi connectivity index (χ1n) is 5.55. The SMILES string of the molecule is O=C1Cc2cc(C(Cl)c3ccoc3Br)c(Cl)cc2N1. The average Bonchev–Trinajstić information content (AvgIpc) is 2.92. The van der Waals surface area contributed by atoms with Crippen molar-refractivity contribution < 1.29 is 9.21 Å². The van der Waals surface area contributed by atoms with Gasteiger partial charge in [-0.05, 0) is 45.3 Å². The van der Waals surface area contributed by atoms with Crippen molar-refractivity contribution in [3.05, 3.63) is 50.8 Å². The molecule has 0 aliphatic carbocycles. The number of halogens is 3. The minimum absolute atomic E-state index is 0.0289. The van der Waals surface area contributed by atoms with Crippen molar-refractivity contribution in [3.8, 4) is 0 Å². The van der Waals surface area contributed by atoms with Gasteiger partial charge in [-0.1, -0.05) is 11.6 Å². The zero-order valence-corrected chi connectivity index (χ0v) is 12.6. The Hall–Kier alpha value is -0.970. The Morgan fingerprint density at radius 1 is 1.37 bits per heavy atom. The molecule has 2 aromatic rings. The third kappa shape index (κ3) is 2.29. The smallest absolute Gasteiger partial charge is 0.228 e. The summed E-state index contributed by atoms with van der Waals surface area (Å²) in [6.07, 6.45) is 1.91. The molecular formula is C13H8BrCl2NO2. The Labute approximate surface area is 128 Å². The highest BCUT2D eigenvalue weighted by molar-refractivity contribution is 9.10. The van der Waals surface area contributed by atoms with Crippen LogP contribution in [0.5, 0.6) is 0 Å². The monoisotopic (exact) mass is 359 g/mol. The van der Waals surface area contributed by atoms with Crippen LogP contribution in [-0.4, -0.2) is 5.91 Å². The van der Waals surface area contributed by atoms with E-state index in [1.54, 1.807) is 18.4 Å². The van der Waals surface area contributed by atoms with Crippen LogP contribution in [0.3, 0.4) is 0 Å². The van der Waals surface area contributed by atoms with Crippen molar-refractivity contribution in [2.45, 2.75) is 11.8 Å². The topological polar surface area (TPSA) is 42.2 Å². The summed E-state index contributed by atoms with van der Waals surface area (Å²) in [5, 5.41) is 2.85. The van der Waals surface area contributed by atoms with E-state index in [0.29, 0.717) is 16.1 Å². The quantitative estimate of drug-likeness (QED) is 0.800. The van der Waals surface area contributed by atoms with Gasteiger partial charge in [0, 0.05) is 16.3 Å². The molecule has 2 heterocycles. The van der Waals surface area contributed by atoms with Gasteiger partial charge >= 0.3 is 0 Å². The molecule has 0 radical (unpaired) electrons. The maximum Gasteiger partial charge on any atom is 0.228 e. The van der Waals surface area contributed by atoms with E-state index < -0.39 is 5.38 Å². The zero-order chi connectivity index (χ0) is 13.6. The lowest BCUT2D eigenvalue weighted by molar-refractivity contribution is -0.115. The first kappa shape index (κ1) is 13.0. The molecule has 1 unspecified atom stereocenters. The van der Waals surface area contributed by atoms with Gasteiger partial charge in [0.15, 0.2) is 4.67 Å². The average molecular weight is 361 g/mol. The fraction of sp³-hybridized carbons (Fsp3) is 0.154. The number of rotatable bonds is 2. The van der Waals surface area contributed by atoms with Crippen LogP contribution in [0, 0.1) is 0 Å². The van der Waals surface area contributed by atoms with Crippen LogP contribution in [0.25, 0.3) is 0 Å². The summed E-state index contributed by atoms with van der Waals surface area (Å²) < 4.78 is 5.76. The second-order valence-electron chi connectivity index (χ2n) is 4.27. The van der Waals surface area contributed by atoms with Gasteiger partial charge in [-0.25, -0.2) is 0 Å². The summed E-state index contributed by atoms with van der Waals surface area (Å²) >= 11 is 16.0. The molecule has 1 N–H and O–H groups in total. The Morgan fingerprint density at radius 2 is 2.16 bits per heavy atom. The number of anilines is 1. The lowest BCUT2D eigenvalue weighted by Crippen LogP contribution is -2.03. The largest absolute Gasteiger partial charge is 0.457 e. The van der Waals surface area contributed by atoms with Crippen molar-refractivity contribution in [2.24, 2.45) is 0 Å². The standard InChI is InChI=1S/C13H8BrCl2NO2/c14-13-7(1-2-19-13)12(16)8-3-6-4-11(18)17-10(6)5-9(8)15/h1-3,5,12H,4H2,(H,17,18). The third-order valence-electron chi connectivity index (χ3n) is 3.04. The molecule has 0 bridgehead atoms. The lowest BCUT2D eigenvalue weighted by atomic mass is 10.0. The third-order valence-corrected chi connectivity index (χ3v) is 4.48. The molecule has 1 amide bonds. The maximum atomic E-state index is 11.4. The molecular weight excluding hydrogens is 353 g/mol. The fourth-order valence-electron chi connectivity index (χ4n) is 2.11. The van der Waals surface area contributed by atoms with Crippen LogP contribution in [0.4, 0.5) is 5.69 Å². The highest BCUT2D eigenvalue weighted by atomic mass is 79.9. The molecule has 1 atom stereocenters. The van der Waals surface area contributed by atoms with E-state index in [2.05, 4.69) is 21.2 Å². The summed E-state index contributed by atoms with van der Waals surface area (Å²) in [5.41, 5.74) is 3.24. The number of carbonyl (C=O) groups excluding carboxylic acids is 1. The van der Waals surface area contributed by atoms with Gasteiger partial charge in [0.05, 0.1) is 18.1 Å². The number of alkyl halides is 1. The van der Waals surface area contributed by atoms with Gasteiger partial charge in [-0.2, -0.15) is 0 Å². The van der Waals surface area contributed by atoms with Gasteiger partial charge in [0.1, 0.15) is 0 Å². The van der Waals surface area contributed by atoms with Crippen molar-refractivity contribution >= 4 is 50.7 Å². The number of amides is 1. The van der Waals surface area contributed by atoms with E-state index in [0.717, 1.165) is 22.4 Å². The fourth-order valence-corrected chi connectivity index (χ4v) is 3.40. The van der Waals surface area contributed by atoms with E-state index >= 15 is 0 Å². The van der Waals surface area contributed by atoms with Crippen molar-refractivity contribution in [1.82, 2.24) is 0 Å². The summed E-state index contributed by atoms with van der Waals surface area (Å²) in [4.78, 5) is 11.4. The van der Waals surface area contributed by atoms with Crippen molar-refractivity contribution in [2.75, 3.05) is 5.32 Å². The Balaban J connectivity index is 2.05. The highest BCUT2D eigenvalue weighted by Gasteiger charge is 2.24. The molecule has 1 aliphatic rings. The van der Waals surface area contributed by atoms with Crippen molar-refractivity contribution in [1.29, 1.82) is 0 Å². The number of nitrogens with one attached hydrogen (secondary N) is 1. The minimum Gasteiger partial charge on any atom is -0.457 e. The highest BCUT2D eigenvalue weighted by Crippen LogP contribution is 2.40. The van der Waals surface area contributed by atoms with Crippen LogP contribution in [0.1, 0.15) is 22.1 Å². The summed E-state index contributed by atoms with van der Waals surface area (Å²) in [7, 11) is 0. The van der Waals surface area contributed by atoms with E-state index in [1.165, 1.54) is 0 Å². The number of carbonyl (C=O) groups is 1. The van der Waals surface area contributed by atoms with Crippen LogP contribution in [-0.2, 0) is 11.2 Å². The molecule has 19 heavy (non-hydrogen) atoms. The first-order valence-corrected chi connectivity index (χ1v) is 7.16. The van der Waals surface area contributed by atoms with E-state index in [4.69, 9.17) is 27.6 Å². The second kappa shape index (κ2) is 4.85. The van der Waals surface area contributed by atoms with Gasteiger partial charge in [0.2, 0.25) is 5.91 Å². The van der Waals surface area contributed by atoms with Crippen LogP contribution in [0.2, 0.25) is 5.02 Å². The maximum absolute atomic E-state index is 11.4. The number of furan rings is 1. The predicted molar refractivity (Wildman–Crippen MR) is 77.9 cm³/mol. The predicted octanol–water partition coefficient (Wildman–Crippen LogP) is 4.52. The number of hydrogen-bond donors (Lipinski definition) is 1. The molecule has 3 nitrogen and oxygen atoms in total. The number of benzene rings is 1. The lowest BCUT2D eigenvalue weighted by Gasteiger charge is -2.12. The molecule has 1 aliphatic heterocycles. The molecule has 0 spiro atoms. The van der Waals surface area contributed by atoms with Gasteiger partial charge < -0.3 is 9.73 Å². The van der Waals surface area contributed by atoms with E-state index in [1.807, 2.05) is 6.07 Å². The van der Waals surface area contributed by atoms with Crippen LogP contribution in [0.15, 0.2) is 33.5 Å².